The molecular formula is C12H22N2O4Se. The summed E-state index contributed by atoms with van der Waals surface area (Å²) in [5, 5.41) is 2.46. The zero-order valence-electron chi connectivity index (χ0n) is 12.1. The van der Waals surface area contributed by atoms with Crippen molar-refractivity contribution in [1.29, 1.82) is 0 Å². The molecule has 0 saturated heterocycles. The molecule has 6 nitrogen and oxygen atoms in total. The van der Waals surface area contributed by atoms with E-state index in [0.29, 0.717) is 17.9 Å². The second-order valence-electron chi connectivity index (χ2n) is 4.71. The Kier molecular flexibility index (Phi) is 9.25. The molecular weight excluding hydrogens is 315 g/mol. The van der Waals surface area contributed by atoms with Gasteiger partial charge >= 0.3 is 120 Å². The number of hydrogen-bond acceptors (Lipinski definition) is 4. The Balaban J connectivity index is 4.24. The summed E-state index contributed by atoms with van der Waals surface area (Å²) in [4.78, 5) is 26.5. The molecule has 0 radical (unpaired) electrons. The van der Waals surface area contributed by atoms with E-state index in [2.05, 4.69) is 10.3 Å². The van der Waals surface area contributed by atoms with Crippen molar-refractivity contribution in [2.75, 3.05) is 13.2 Å². The van der Waals surface area contributed by atoms with Crippen LogP contribution in [-0.2, 0) is 9.47 Å². The summed E-state index contributed by atoms with van der Waals surface area (Å²) >= 11 is -0.131. The molecule has 0 aromatic rings. The van der Waals surface area contributed by atoms with Gasteiger partial charge in [-0.2, -0.15) is 0 Å². The third-order valence-corrected chi connectivity index (χ3v) is 2.90. The number of amides is 2. The van der Waals surface area contributed by atoms with Crippen LogP contribution in [0.15, 0.2) is 4.99 Å². The van der Waals surface area contributed by atoms with E-state index in [1.807, 2.05) is 33.5 Å². The summed E-state index contributed by atoms with van der Waals surface area (Å²) in [6.07, 6.45) is -1.27. The van der Waals surface area contributed by atoms with Crippen LogP contribution < -0.4 is 5.32 Å². The maximum absolute atomic E-state index is 11.4. The standard InChI is InChI=1S/C12H22N2O4Se/c1-8(2)6-17-11(15)13-10(19-5)14-12(16)18-7-9(3)4/h8-9H,6-7H2,1-5H3,(H,13,14,15,16). The third kappa shape index (κ3) is 10.5. The Hall–Kier alpha value is -1.07. The van der Waals surface area contributed by atoms with Crippen LogP contribution in [0.4, 0.5) is 9.59 Å². The van der Waals surface area contributed by atoms with E-state index in [0.717, 1.165) is 0 Å². The Morgan fingerprint density at radius 2 is 1.63 bits per heavy atom. The van der Waals surface area contributed by atoms with Crippen molar-refractivity contribution in [3.05, 3.63) is 0 Å². The van der Waals surface area contributed by atoms with E-state index >= 15 is 0 Å². The fraction of sp³-hybridized carbons (Fsp3) is 0.750. The summed E-state index contributed by atoms with van der Waals surface area (Å²) in [6, 6.07) is 0. The molecule has 0 unspecified atom stereocenters. The normalized spacial score (nSPS) is 11.6. The number of carbonyl (C=O) groups excluding carboxylic acids is 2. The zero-order chi connectivity index (χ0) is 14.8. The van der Waals surface area contributed by atoms with Gasteiger partial charge in [-0.15, -0.1) is 0 Å². The van der Waals surface area contributed by atoms with Gasteiger partial charge in [0, 0.05) is 0 Å². The fourth-order valence-corrected chi connectivity index (χ4v) is 1.58. The van der Waals surface area contributed by atoms with Crippen molar-refractivity contribution >= 4 is 31.9 Å². The molecule has 0 atom stereocenters. The Bertz CT molecular complexity index is 330. The summed E-state index contributed by atoms with van der Waals surface area (Å²) in [7, 11) is 0. The minimum absolute atomic E-state index is 0.131. The van der Waals surface area contributed by atoms with Crippen LogP contribution in [0.3, 0.4) is 0 Å². The molecule has 0 rings (SSSR count). The van der Waals surface area contributed by atoms with Crippen molar-refractivity contribution in [1.82, 2.24) is 5.32 Å². The summed E-state index contributed by atoms with van der Waals surface area (Å²) in [5.41, 5.74) is 0. The Morgan fingerprint density at radius 1 is 1.11 bits per heavy atom. The molecule has 2 amide bonds. The number of ether oxygens (including phenoxy) is 2. The number of carbonyl (C=O) groups is 2. The van der Waals surface area contributed by atoms with Crippen LogP contribution in [0.2, 0.25) is 5.82 Å². The number of hydrogen-bond donors (Lipinski definition) is 1. The zero-order valence-corrected chi connectivity index (χ0v) is 13.8. The quantitative estimate of drug-likeness (QED) is 0.474. The average molecular weight is 337 g/mol. The molecule has 7 heteroatoms. The molecule has 0 fully saturated rings. The van der Waals surface area contributed by atoms with Crippen molar-refractivity contribution in [3.63, 3.8) is 0 Å². The monoisotopic (exact) mass is 338 g/mol. The van der Waals surface area contributed by atoms with Crippen LogP contribution >= 0.6 is 0 Å². The number of rotatable bonds is 5. The molecule has 1 N–H and O–H groups in total. The Morgan fingerprint density at radius 3 is 2.11 bits per heavy atom. The first-order valence-electron chi connectivity index (χ1n) is 6.08. The van der Waals surface area contributed by atoms with Gasteiger partial charge in [0.15, 0.2) is 0 Å². The van der Waals surface area contributed by atoms with E-state index < -0.39 is 12.2 Å². The molecule has 110 valence electrons. The second-order valence-corrected chi connectivity index (χ2v) is 6.38. The summed E-state index contributed by atoms with van der Waals surface area (Å²) in [5.74, 6) is 2.34. The molecule has 19 heavy (non-hydrogen) atoms. The molecule has 0 spiro atoms. The van der Waals surface area contributed by atoms with Gasteiger partial charge in [-0.25, -0.2) is 0 Å². The first-order chi connectivity index (χ1) is 8.85. The van der Waals surface area contributed by atoms with Crippen LogP contribution in [-0.4, -0.2) is 45.1 Å². The van der Waals surface area contributed by atoms with Gasteiger partial charge in [0.25, 0.3) is 0 Å². The van der Waals surface area contributed by atoms with E-state index in [-0.39, 0.29) is 26.8 Å². The SMILES string of the molecule is C[Se]/C(=N\C(=O)OCC(C)C)NC(=O)OCC(C)C. The van der Waals surface area contributed by atoms with Crippen LogP contribution in [0.1, 0.15) is 27.7 Å². The van der Waals surface area contributed by atoms with Gasteiger partial charge in [0.1, 0.15) is 0 Å². The predicted molar refractivity (Wildman–Crippen MR) is 74.6 cm³/mol. The topological polar surface area (TPSA) is 77.0 Å². The van der Waals surface area contributed by atoms with Crippen LogP contribution in [0.25, 0.3) is 0 Å². The van der Waals surface area contributed by atoms with Gasteiger partial charge in [0.05, 0.1) is 0 Å². The van der Waals surface area contributed by atoms with Crippen LogP contribution in [0, 0.1) is 11.8 Å². The molecule has 0 aromatic carbocycles. The van der Waals surface area contributed by atoms with Crippen molar-refractivity contribution in [2.24, 2.45) is 16.8 Å². The van der Waals surface area contributed by atoms with Gasteiger partial charge < -0.3 is 0 Å². The first-order valence-corrected chi connectivity index (χ1v) is 8.65. The third-order valence-electron chi connectivity index (χ3n) is 1.68. The number of aliphatic imine (C=N–C) groups is 1. The second kappa shape index (κ2) is 9.81. The number of nitrogens with zero attached hydrogens (tertiary/aromatic N) is 1. The van der Waals surface area contributed by atoms with Gasteiger partial charge in [-0.05, 0) is 0 Å². The van der Waals surface area contributed by atoms with E-state index in [4.69, 9.17) is 9.47 Å². The van der Waals surface area contributed by atoms with Crippen molar-refractivity contribution in [3.8, 4) is 0 Å². The predicted octanol–water partition coefficient (Wildman–Crippen LogP) is 2.27. The van der Waals surface area contributed by atoms with Gasteiger partial charge in [-0.1, -0.05) is 0 Å². The van der Waals surface area contributed by atoms with Gasteiger partial charge in [0.2, 0.25) is 0 Å². The molecule has 0 aliphatic rings. The van der Waals surface area contributed by atoms with Gasteiger partial charge in [-0.3, -0.25) is 0 Å². The fourth-order valence-electron chi connectivity index (χ4n) is 0.844. The van der Waals surface area contributed by atoms with Crippen molar-refractivity contribution < 1.29 is 19.1 Å². The molecule has 0 aliphatic heterocycles. The number of alkyl carbamates (subject to hydrolysis) is 1. The summed E-state index contributed by atoms with van der Waals surface area (Å²) < 4.78 is 10.2. The van der Waals surface area contributed by atoms with Crippen LogP contribution in [0.5, 0.6) is 0 Å². The Labute approximate surface area is 120 Å². The maximum atomic E-state index is 11.4. The van der Waals surface area contributed by atoms with E-state index in [9.17, 15) is 9.59 Å². The number of nitrogens with one attached hydrogen (secondary N) is 1. The summed E-state index contributed by atoms with van der Waals surface area (Å²) in [6.45, 7) is 8.38. The molecule has 0 aromatic heterocycles. The molecule has 0 bridgehead atoms. The average Bonchev–Trinajstić information content (AvgIpc) is 2.33. The molecule has 0 aliphatic carbocycles. The molecule has 0 heterocycles. The first kappa shape index (κ1) is 17.9. The van der Waals surface area contributed by atoms with E-state index in [1.165, 1.54) is 0 Å². The molecule has 0 saturated carbocycles. The van der Waals surface area contributed by atoms with E-state index in [1.54, 1.807) is 0 Å². The number of amidine groups is 1. The minimum atomic E-state index is -0.684. The van der Waals surface area contributed by atoms with Crippen molar-refractivity contribution in [2.45, 2.75) is 33.5 Å².